The quantitative estimate of drug-likeness (QED) is 0.611. The maximum Gasteiger partial charge on any atom is 0.230 e. The van der Waals surface area contributed by atoms with E-state index in [1.54, 1.807) is 18.4 Å². The first-order valence-corrected chi connectivity index (χ1v) is 11.4. The molecule has 1 amide bonds. The number of anilines is 1. The van der Waals surface area contributed by atoms with Gasteiger partial charge in [0, 0.05) is 49.4 Å². The molecule has 0 aliphatic carbocycles. The number of aromatic nitrogens is 1. The van der Waals surface area contributed by atoms with E-state index in [4.69, 9.17) is 4.74 Å². The minimum Gasteiger partial charge on any atom is -0.497 e. The molecule has 0 spiro atoms. The summed E-state index contributed by atoms with van der Waals surface area (Å²) in [5.41, 5.74) is 3.95. The molecule has 1 aromatic heterocycles. The van der Waals surface area contributed by atoms with E-state index in [1.807, 2.05) is 29.6 Å². The van der Waals surface area contributed by atoms with Crippen LogP contribution in [0.1, 0.15) is 11.3 Å². The van der Waals surface area contributed by atoms with Crippen molar-refractivity contribution in [2.75, 3.05) is 45.7 Å². The highest BCUT2D eigenvalue weighted by Gasteiger charge is 2.14. The van der Waals surface area contributed by atoms with Gasteiger partial charge in [-0.05, 0) is 36.9 Å². The van der Waals surface area contributed by atoms with Crippen LogP contribution in [0.15, 0.2) is 53.9 Å². The molecule has 1 saturated heterocycles. The van der Waals surface area contributed by atoms with E-state index in [2.05, 4.69) is 51.4 Å². The Morgan fingerprint density at radius 3 is 2.45 bits per heavy atom. The van der Waals surface area contributed by atoms with E-state index >= 15 is 0 Å². The van der Waals surface area contributed by atoms with Gasteiger partial charge in [0.25, 0.3) is 0 Å². The number of carbonyl (C=O) groups is 1. The third kappa shape index (κ3) is 5.91. The summed E-state index contributed by atoms with van der Waals surface area (Å²) in [6, 6.07) is 15.9. The Morgan fingerprint density at radius 1 is 1.06 bits per heavy atom. The lowest BCUT2D eigenvalue weighted by Gasteiger charge is -2.32. The van der Waals surface area contributed by atoms with Crippen LogP contribution in [0, 0.1) is 0 Å². The smallest absolute Gasteiger partial charge is 0.230 e. The molecule has 3 aromatic rings. The Balaban J connectivity index is 1.32. The molecule has 0 unspecified atom stereocenters. The Kier molecular flexibility index (Phi) is 6.96. The van der Waals surface area contributed by atoms with Gasteiger partial charge in [0.1, 0.15) is 10.8 Å². The number of methoxy groups -OCH3 is 1. The van der Waals surface area contributed by atoms with E-state index in [0.29, 0.717) is 0 Å². The van der Waals surface area contributed by atoms with Gasteiger partial charge in [-0.3, -0.25) is 9.69 Å². The average molecular weight is 437 g/mol. The first-order chi connectivity index (χ1) is 15.1. The zero-order valence-corrected chi connectivity index (χ0v) is 18.8. The number of ether oxygens (including phenoxy) is 1. The summed E-state index contributed by atoms with van der Waals surface area (Å²) in [4.78, 5) is 21.9. The van der Waals surface area contributed by atoms with Crippen molar-refractivity contribution in [1.29, 1.82) is 0 Å². The number of rotatable bonds is 7. The number of benzene rings is 2. The van der Waals surface area contributed by atoms with Gasteiger partial charge in [-0.1, -0.05) is 24.3 Å². The van der Waals surface area contributed by atoms with Crippen LogP contribution in [0.5, 0.6) is 5.75 Å². The van der Waals surface area contributed by atoms with Gasteiger partial charge >= 0.3 is 0 Å². The van der Waals surface area contributed by atoms with Crippen molar-refractivity contribution < 1.29 is 9.53 Å². The molecule has 7 heteroatoms. The molecular formula is C24H28N4O2S. The maximum absolute atomic E-state index is 12.4. The first-order valence-electron chi connectivity index (χ1n) is 10.5. The normalized spacial score (nSPS) is 15.0. The number of likely N-dealkylation sites (N-methyl/N-ethyl adjacent to an activating group) is 1. The maximum atomic E-state index is 12.4. The van der Waals surface area contributed by atoms with Crippen molar-refractivity contribution in [3.63, 3.8) is 0 Å². The van der Waals surface area contributed by atoms with Gasteiger partial charge in [0.2, 0.25) is 5.91 Å². The van der Waals surface area contributed by atoms with Gasteiger partial charge in [0.15, 0.2) is 0 Å². The summed E-state index contributed by atoms with van der Waals surface area (Å²) in [6.45, 7) is 5.49. The predicted molar refractivity (Wildman–Crippen MR) is 126 cm³/mol. The standard InChI is InChI=1S/C24H28N4O2S/c1-27-11-13-28(14-12-27)16-18-3-5-19(6-4-18)24-26-21(17-31-24)15-23(29)25-20-7-9-22(30-2)10-8-20/h3-10,17H,11-16H2,1-2H3,(H,25,29). The number of hydrogen-bond donors (Lipinski definition) is 1. The number of carbonyl (C=O) groups excluding carboxylic acids is 1. The van der Waals surface area contributed by atoms with Crippen molar-refractivity contribution >= 4 is 22.9 Å². The van der Waals surface area contributed by atoms with Gasteiger partial charge in [-0.25, -0.2) is 4.98 Å². The van der Waals surface area contributed by atoms with Gasteiger partial charge < -0.3 is 15.0 Å². The minimum atomic E-state index is -0.0791. The average Bonchev–Trinajstić information content (AvgIpc) is 3.24. The van der Waals surface area contributed by atoms with Gasteiger partial charge in [0.05, 0.1) is 19.2 Å². The van der Waals surface area contributed by atoms with Crippen LogP contribution in [0.3, 0.4) is 0 Å². The van der Waals surface area contributed by atoms with E-state index in [9.17, 15) is 4.79 Å². The summed E-state index contributed by atoms with van der Waals surface area (Å²) < 4.78 is 5.14. The minimum absolute atomic E-state index is 0.0791. The number of nitrogens with one attached hydrogen (secondary N) is 1. The van der Waals surface area contributed by atoms with E-state index in [0.717, 1.165) is 60.4 Å². The topological polar surface area (TPSA) is 57.7 Å². The highest BCUT2D eigenvalue weighted by Crippen LogP contribution is 2.25. The number of piperazine rings is 1. The monoisotopic (exact) mass is 436 g/mol. The number of thiazole rings is 1. The molecular weight excluding hydrogens is 408 g/mol. The van der Waals surface area contributed by atoms with Crippen LogP contribution in [-0.4, -0.2) is 61.0 Å². The number of hydrogen-bond acceptors (Lipinski definition) is 6. The van der Waals surface area contributed by atoms with Gasteiger partial charge in [-0.15, -0.1) is 11.3 Å². The third-order valence-corrected chi connectivity index (χ3v) is 6.41. The van der Waals surface area contributed by atoms with Crippen LogP contribution in [0.2, 0.25) is 0 Å². The van der Waals surface area contributed by atoms with E-state index in [-0.39, 0.29) is 12.3 Å². The van der Waals surface area contributed by atoms with E-state index < -0.39 is 0 Å². The summed E-state index contributed by atoms with van der Waals surface area (Å²) >= 11 is 1.57. The lowest BCUT2D eigenvalue weighted by atomic mass is 10.1. The molecule has 4 rings (SSSR count). The van der Waals surface area contributed by atoms with Gasteiger partial charge in [-0.2, -0.15) is 0 Å². The zero-order valence-electron chi connectivity index (χ0n) is 18.0. The fraction of sp³-hybridized carbons (Fsp3) is 0.333. The fourth-order valence-corrected chi connectivity index (χ4v) is 4.41. The first kappa shape index (κ1) is 21.5. The second-order valence-corrected chi connectivity index (χ2v) is 8.73. The molecule has 1 aliphatic rings. The second kappa shape index (κ2) is 10.0. The molecule has 0 saturated carbocycles. The molecule has 0 bridgehead atoms. The van der Waals surface area contributed by atoms with Crippen LogP contribution < -0.4 is 10.1 Å². The number of nitrogens with zero attached hydrogens (tertiary/aromatic N) is 3. The molecule has 0 atom stereocenters. The third-order valence-electron chi connectivity index (χ3n) is 5.47. The molecule has 2 heterocycles. The molecule has 2 aromatic carbocycles. The highest BCUT2D eigenvalue weighted by molar-refractivity contribution is 7.13. The number of amides is 1. The fourth-order valence-electron chi connectivity index (χ4n) is 3.58. The Labute approximate surface area is 187 Å². The molecule has 1 N–H and O–H groups in total. The SMILES string of the molecule is COc1ccc(NC(=O)Cc2csc(-c3ccc(CN4CCN(C)CC4)cc3)n2)cc1. The van der Waals surface area contributed by atoms with Crippen LogP contribution >= 0.6 is 11.3 Å². The van der Waals surface area contributed by atoms with Crippen molar-refractivity contribution in [2.45, 2.75) is 13.0 Å². The molecule has 6 nitrogen and oxygen atoms in total. The largest absolute Gasteiger partial charge is 0.497 e. The van der Waals surface area contributed by atoms with Crippen molar-refractivity contribution in [2.24, 2.45) is 0 Å². The lowest BCUT2D eigenvalue weighted by Crippen LogP contribution is -2.43. The lowest BCUT2D eigenvalue weighted by molar-refractivity contribution is -0.115. The zero-order chi connectivity index (χ0) is 21.6. The Morgan fingerprint density at radius 2 is 1.77 bits per heavy atom. The van der Waals surface area contributed by atoms with Crippen LogP contribution in [0.25, 0.3) is 10.6 Å². The predicted octanol–water partition coefficient (Wildman–Crippen LogP) is 3.75. The Bertz CT molecular complexity index is 993. The van der Waals surface area contributed by atoms with Crippen molar-refractivity contribution in [3.8, 4) is 16.3 Å². The van der Waals surface area contributed by atoms with Crippen molar-refractivity contribution in [3.05, 3.63) is 65.2 Å². The highest BCUT2D eigenvalue weighted by atomic mass is 32.1. The molecule has 162 valence electrons. The molecule has 0 radical (unpaired) electrons. The molecule has 1 fully saturated rings. The second-order valence-electron chi connectivity index (χ2n) is 7.87. The summed E-state index contributed by atoms with van der Waals surface area (Å²) in [7, 11) is 3.80. The summed E-state index contributed by atoms with van der Waals surface area (Å²) in [5.74, 6) is 0.682. The molecule has 1 aliphatic heterocycles. The van der Waals surface area contributed by atoms with Crippen LogP contribution in [0.4, 0.5) is 5.69 Å². The molecule has 31 heavy (non-hydrogen) atoms. The summed E-state index contributed by atoms with van der Waals surface area (Å²) in [6.07, 6.45) is 0.254. The van der Waals surface area contributed by atoms with Crippen molar-refractivity contribution in [1.82, 2.24) is 14.8 Å². The Hall–Kier alpha value is -2.74. The summed E-state index contributed by atoms with van der Waals surface area (Å²) in [5, 5.41) is 5.80. The van der Waals surface area contributed by atoms with Crippen LogP contribution in [-0.2, 0) is 17.8 Å². The van der Waals surface area contributed by atoms with E-state index in [1.165, 1.54) is 5.56 Å².